The van der Waals surface area contributed by atoms with Crippen LogP contribution in [0.2, 0.25) is 0 Å². The zero-order valence-corrected chi connectivity index (χ0v) is 27.1. The standard InChI is InChI=1S/C45H26N2OS/c1-25-30-22-23-36-41(32-14-6-8-16-35(32)48-36)39(30)34-21-20-27-11-4-5-13-31(27)40(34)38(25)43-42-33-15-7-9-17-37(33)49-45(42)47-44(46-43)29-19-18-26-10-2-3-12-28(26)24-29/h2-24,38H,1H2. The van der Waals surface area contributed by atoms with Crippen molar-refractivity contribution in [1.82, 2.24) is 9.97 Å². The van der Waals surface area contributed by atoms with E-state index in [-0.39, 0.29) is 5.92 Å². The van der Waals surface area contributed by atoms with E-state index < -0.39 is 0 Å². The van der Waals surface area contributed by atoms with Crippen LogP contribution in [0.25, 0.3) is 91.9 Å². The van der Waals surface area contributed by atoms with E-state index in [4.69, 9.17) is 21.0 Å². The van der Waals surface area contributed by atoms with Gasteiger partial charge in [0.1, 0.15) is 16.0 Å². The summed E-state index contributed by atoms with van der Waals surface area (Å²) < 4.78 is 7.61. The Balaban J connectivity index is 1.27. The van der Waals surface area contributed by atoms with Crippen LogP contribution in [0.1, 0.15) is 22.7 Å². The summed E-state index contributed by atoms with van der Waals surface area (Å²) in [6.45, 7) is 4.92. The second-order valence-electron chi connectivity index (χ2n) is 12.9. The monoisotopic (exact) mass is 642 g/mol. The van der Waals surface area contributed by atoms with Gasteiger partial charge in [0.25, 0.3) is 0 Å². The van der Waals surface area contributed by atoms with Crippen LogP contribution in [0.5, 0.6) is 0 Å². The van der Waals surface area contributed by atoms with Gasteiger partial charge in [0.15, 0.2) is 5.82 Å². The van der Waals surface area contributed by atoms with Crippen molar-refractivity contribution in [3.05, 3.63) is 163 Å². The number of para-hydroxylation sites is 1. The summed E-state index contributed by atoms with van der Waals surface area (Å²) in [7, 11) is 0. The van der Waals surface area contributed by atoms with E-state index >= 15 is 0 Å². The number of rotatable bonds is 2. The molecular formula is C45H26N2OS. The predicted molar refractivity (Wildman–Crippen MR) is 205 cm³/mol. The van der Waals surface area contributed by atoms with Crippen LogP contribution < -0.4 is 0 Å². The largest absolute Gasteiger partial charge is 0.456 e. The van der Waals surface area contributed by atoms with Crippen LogP contribution in [0.3, 0.4) is 0 Å². The van der Waals surface area contributed by atoms with Gasteiger partial charge >= 0.3 is 0 Å². The zero-order chi connectivity index (χ0) is 32.2. The molecule has 1 aliphatic carbocycles. The molecule has 0 bridgehead atoms. The Morgan fingerprint density at radius 1 is 0.571 bits per heavy atom. The molecule has 0 spiro atoms. The van der Waals surface area contributed by atoms with E-state index in [9.17, 15) is 0 Å². The van der Waals surface area contributed by atoms with E-state index in [1.807, 2.05) is 6.07 Å². The SMILES string of the molecule is C=C1c2ccc3oc4ccccc4c3c2-c2ccc3ccccc3c2C1c1nc(-c2ccc3ccccc3c2)nc2sc3ccccc3c12. The molecule has 3 nitrogen and oxygen atoms in total. The predicted octanol–water partition coefficient (Wildman–Crippen LogP) is 12.5. The summed E-state index contributed by atoms with van der Waals surface area (Å²) in [5.74, 6) is 0.531. The van der Waals surface area contributed by atoms with Gasteiger partial charge < -0.3 is 4.42 Å². The lowest BCUT2D eigenvalue weighted by Crippen LogP contribution is -2.14. The molecule has 0 saturated heterocycles. The van der Waals surface area contributed by atoms with Crippen molar-refractivity contribution in [3.8, 4) is 22.5 Å². The lowest BCUT2D eigenvalue weighted by molar-refractivity contribution is 0.669. The number of fused-ring (bicyclic) bond motifs is 13. The van der Waals surface area contributed by atoms with Gasteiger partial charge in [0.2, 0.25) is 0 Å². The van der Waals surface area contributed by atoms with E-state index in [0.717, 1.165) is 60.4 Å². The Morgan fingerprint density at radius 3 is 2.18 bits per heavy atom. The molecule has 0 saturated carbocycles. The summed E-state index contributed by atoms with van der Waals surface area (Å²) in [5.41, 5.74) is 9.55. The molecule has 1 atom stereocenters. The second kappa shape index (κ2) is 9.96. The summed E-state index contributed by atoms with van der Waals surface area (Å²) in [6.07, 6.45) is 0. The van der Waals surface area contributed by atoms with Crippen molar-refractivity contribution < 1.29 is 4.42 Å². The molecule has 0 amide bonds. The minimum atomic E-state index is -0.202. The average Bonchev–Trinajstić information content (AvgIpc) is 3.73. The number of furan rings is 1. The molecular weight excluding hydrogens is 617 g/mol. The third-order valence-corrected chi connectivity index (χ3v) is 11.4. The summed E-state index contributed by atoms with van der Waals surface area (Å²) in [6, 6.07) is 49.5. The van der Waals surface area contributed by atoms with Crippen molar-refractivity contribution in [3.63, 3.8) is 0 Å². The van der Waals surface area contributed by atoms with Crippen LogP contribution in [0, 0.1) is 0 Å². The Bertz CT molecular complexity index is 3040. The Labute approximate surface area is 285 Å². The lowest BCUT2D eigenvalue weighted by atomic mass is 9.71. The van der Waals surface area contributed by atoms with Crippen molar-refractivity contribution in [2.45, 2.75) is 5.92 Å². The topological polar surface area (TPSA) is 38.9 Å². The molecule has 228 valence electrons. The number of hydrogen-bond donors (Lipinski definition) is 0. The molecule has 11 rings (SSSR count). The molecule has 0 radical (unpaired) electrons. The first kappa shape index (κ1) is 26.9. The fourth-order valence-corrected chi connectivity index (χ4v) is 9.22. The number of hydrogen-bond acceptors (Lipinski definition) is 4. The van der Waals surface area contributed by atoms with Gasteiger partial charge in [0, 0.05) is 37.4 Å². The highest BCUT2D eigenvalue weighted by atomic mass is 32.1. The normalized spacial score (nSPS) is 14.4. The van der Waals surface area contributed by atoms with Gasteiger partial charge in [0.05, 0.1) is 11.6 Å². The third kappa shape index (κ3) is 3.78. The highest BCUT2D eigenvalue weighted by Crippen LogP contribution is 2.55. The first-order chi connectivity index (χ1) is 24.2. The Hall–Kier alpha value is -6.10. The fraction of sp³-hybridized carbons (Fsp3) is 0.0222. The number of aromatic nitrogens is 2. The van der Waals surface area contributed by atoms with Crippen LogP contribution in [0.4, 0.5) is 0 Å². The van der Waals surface area contributed by atoms with E-state index in [1.54, 1.807) is 11.3 Å². The molecule has 1 unspecified atom stereocenters. The Morgan fingerprint density at radius 2 is 1.29 bits per heavy atom. The summed E-state index contributed by atoms with van der Waals surface area (Å²) >= 11 is 1.74. The van der Waals surface area contributed by atoms with Crippen LogP contribution >= 0.6 is 11.3 Å². The molecule has 0 N–H and O–H groups in total. The Kier molecular flexibility index (Phi) is 5.47. The molecule has 7 aromatic carbocycles. The first-order valence-corrected chi connectivity index (χ1v) is 17.4. The molecule has 49 heavy (non-hydrogen) atoms. The van der Waals surface area contributed by atoms with Gasteiger partial charge in [-0.25, -0.2) is 9.97 Å². The quantitative estimate of drug-likeness (QED) is 0.188. The van der Waals surface area contributed by atoms with Gasteiger partial charge in [-0.1, -0.05) is 122 Å². The lowest BCUT2D eigenvalue weighted by Gasteiger charge is -2.32. The van der Waals surface area contributed by atoms with Crippen LogP contribution in [0.15, 0.2) is 151 Å². The van der Waals surface area contributed by atoms with Gasteiger partial charge in [-0.05, 0) is 68.1 Å². The van der Waals surface area contributed by atoms with Gasteiger partial charge in [-0.3, -0.25) is 0 Å². The van der Waals surface area contributed by atoms with Crippen molar-refractivity contribution in [1.29, 1.82) is 0 Å². The maximum absolute atomic E-state index is 6.41. The van der Waals surface area contributed by atoms with E-state index in [2.05, 4.69) is 133 Å². The molecule has 10 aromatic rings. The summed E-state index contributed by atoms with van der Waals surface area (Å²) in [5, 5.41) is 9.31. The number of allylic oxidation sites excluding steroid dienone is 1. The molecule has 3 aromatic heterocycles. The summed E-state index contributed by atoms with van der Waals surface area (Å²) in [4.78, 5) is 11.8. The molecule has 3 heterocycles. The van der Waals surface area contributed by atoms with Gasteiger partial charge in [-0.15, -0.1) is 11.3 Å². The minimum Gasteiger partial charge on any atom is -0.456 e. The maximum Gasteiger partial charge on any atom is 0.161 e. The highest BCUT2D eigenvalue weighted by molar-refractivity contribution is 7.25. The highest BCUT2D eigenvalue weighted by Gasteiger charge is 2.36. The third-order valence-electron chi connectivity index (χ3n) is 10.3. The van der Waals surface area contributed by atoms with Crippen molar-refractivity contribution in [2.75, 3.05) is 0 Å². The fourth-order valence-electron chi connectivity index (χ4n) is 8.14. The van der Waals surface area contributed by atoms with E-state index in [1.165, 1.54) is 48.3 Å². The zero-order valence-electron chi connectivity index (χ0n) is 26.3. The first-order valence-electron chi connectivity index (χ1n) is 16.5. The molecule has 0 aliphatic heterocycles. The van der Waals surface area contributed by atoms with Crippen molar-refractivity contribution in [2.24, 2.45) is 0 Å². The maximum atomic E-state index is 6.41. The molecule has 1 aliphatic rings. The second-order valence-corrected chi connectivity index (χ2v) is 14.0. The minimum absolute atomic E-state index is 0.202. The van der Waals surface area contributed by atoms with Crippen LogP contribution in [-0.4, -0.2) is 9.97 Å². The van der Waals surface area contributed by atoms with E-state index in [0.29, 0.717) is 0 Å². The smallest absolute Gasteiger partial charge is 0.161 e. The number of thiophene rings is 1. The average molecular weight is 643 g/mol. The van der Waals surface area contributed by atoms with Crippen LogP contribution in [-0.2, 0) is 0 Å². The number of nitrogens with zero attached hydrogens (tertiary/aromatic N) is 2. The molecule has 4 heteroatoms. The molecule has 0 fully saturated rings. The number of benzene rings is 7. The van der Waals surface area contributed by atoms with Gasteiger partial charge in [-0.2, -0.15) is 0 Å². The van der Waals surface area contributed by atoms with Crippen molar-refractivity contribution >= 4 is 80.7 Å².